The van der Waals surface area contributed by atoms with E-state index in [1.165, 1.54) is 12.4 Å². The first-order chi connectivity index (χ1) is 13.5. The Bertz CT molecular complexity index is 984. The highest BCUT2D eigenvalue weighted by Crippen LogP contribution is 2.28. The number of hydrogen-bond acceptors (Lipinski definition) is 8. The van der Waals surface area contributed by atoms with Crippen LogP contribution in [0, 0.1) is 10.1 Å². The zero-order valence-electron chi connectivity index (χ0n) is 14.3. The lowest BCUT2D eigenvalue weighted by molar-refractivity contribution is -0.383. The van der Waals surface area contributed by atoms with Gasteiger partial charge in [-0.05, 0) is 29.8 Å². The fraction of sp³-hybridized carbons (Fsp3) is 0.0588. The van der Waals surface area contributed by atoms with Crippen molar-refractivity contribution >= 4 is 34.8 Å². The molecule has 1 amide bonds. The van der Waals surface area contributed by atoms with Crippen molar-refractivity contribution in [3.05, 3.63) is 81.4 Å². The molecular formula is C17H14ClN7O3. The topological polar surface area (TPSA) is 135 Å². The standard InChI is InChI=1S/C17H14ClN7O3/c18-13-5-3-11(4-6-13)8-20-15-14(25(27)28)16(22-10-21-15)23-24-17(26)12-2-1-7-19-9-12/h1-7,9-10H,8H2,(H,24,26)(H2,20,21,22,23). The molecule has 0 saturated heterocycles. The molecule has 10 nitrogen and oxygen atoms in total. The highest BCUT2D eigenvalue weighted by Gasteiger charge is 2.23. The van der Waals surface area contributed by atoms with E-state index in [0.717, 1.165) is 11.9 Å². The van der Waals surface area contributed by atoms with Crippen LogP contribution in [0.1, 0.15) is 15.9 Å². The molecule has 142 valence electrons. The van der Waals surface area contributed by atoms with Crippen LogP contribution in [0.3, 0.4) is 0 Å². The summed E-state index contributed by atoms with van der Waals surface area (Å²) in [6, 6.07) is 10.2. The Hall–Kier alpha value is -3.79. The third kappa shape index (κ3) is 4.68. The third-order valence-corrected chi connectivity index (χ3v) is 3.85. The lowest BCUT2D eigenvalue weighted by atomic mass is 10.2. The minimum atomic E-state index is -0.636. The molecule has 2 heterocycles. The zero-order valence-corrected chi connectivity index (χ0v) is 15.1. The van der Waals surface area contributed by atoms with Crippen LogP contribution in [0.15, 0.2) is 55.1 Å². The molecule has 0 bridgehead atoms. The summed E-state index contributed by atoms with van der Waals surface area (Å²) in [6.45, 7) is 0.288. The minimum Gasteiger partial charge on any atom is -0.360 e. The second kappa shape index (κ2) is 8.73. The van der Waals surface area contributed by atoms with Gasteiger partial charge in [-0.3, -0.25) is 30.7 Å². The van der Waals surface area contributed by atoms with E-state index in [4.69, 9.17) is 11.6 Å². The molecule has 28 heavy (non-hydrogen) atoms. The fourth-order valence-corrected chi connectivity index (χ4v) is 2.37. The predicted octanol–water partition coefficient (Wildman–Crippen LogP) is 2.80. The van der Waals surface area contributed by atoms with Gasteiger partial charge in [-0.15, -0.1) is 0 Å². The largest absolute Gasteiger partial charge is 0.360 e. The van der Waals surface area contributed by atoms with Crippen molar-refractivity contribution in [1.82, 2.24) is 20.4 Å². The second-order valence-corrected chi connectivity index (χ2v) is 5.91. The molecule has 0 fully saturated rings. The molecule has 3 N–H and O–H groups in total. The number of nitrogens with zero attached hydrogens (tertiary/aromatic N) is 4. The number of pyridine rings is 1. The first-order valence-electron chi connectivity index (χ1n) is 7.98. The van der Waals surface area contributed by atoms with Gasteiger partial charge in [0.15, 0.2) is 0 Å². The first kappa shape index (κ1) is 19.0. The molecular weight excluding hydrogens is 386 g/mol. The third-order valence-electron chi connectivity index (χ3n) is 3.60. The van der Waals surface area contributed by atoms with Crippen LogP contribution in [-0.4, -0.2) is 25.8 Å². The average molecular weight is 400 g/mol. The monoisotopic (exact) mass is 399 g/mol. The zero-order chi connectivity index (χ0) is 19.9. The van der Waals surface area contributed by atoms with Crippen LogP contribution < -0.4 is 16.2 Å². The molecule has 0 radical (unpaired) electrons. The number of carbonyl (C=O) groups is 1. The van der Waals surface area contributed by atoms with Crippen LogP contribution in [0.4, 0.5) is 17.3 Å². The molecule has 0 aliphatic heterocycles. The maximum absolute atomic E-state index is 12.1. The Morgan fingerprint density at radius 3 is 2.57 bits per heavy atom. The first-order valence-corrected chi connectivity index (χ1v) is 8.36. The molecule has 0 atom stereocenters. The Kier molecular flexibility index (Phi) is 5.92. The number of nitro groups is 1. The summed E-state index contributed by atoms with van der Waals surface area (Å²) in [5, 5.41) is 15.0. The minimum absolute atomic E-state index is 0.00748. The van der Waals surface area contributed by atoms with Crippen LogP contribution in [-0.2, 0) is 6.54 Å². The lowest BCUT2D eigenvalue weighted by Crippen LogP contribution is -2.30. The molecule has 1 aromatic carbocycles. The van der Waals surface area contributed by atoms with Crippen molar-refractivity contribution in [1.29, 1.82) is 0 Å². The Morgan fingerprint density at radius 1 is 1.14 bits per heavy atom. The smallest absolute Gasteiger partial charge is 0.354 e. The number of halogens is 1. The van der Waals surface area contributed by atoms with Crippen LogP contribution in [0.25, 0.3) is 0 Å². The Balaban J connectivity index is 1.74. The van der Waals surface area contributed by atoms with Crippen LogP contribution >= 0.6 is 11.6 Å². The second-order valence-electron chi connectivity index (χ2n) is 5.48. The normalized spacial score (nSPS) is 10.2. The van der Waals surface area contributed by atoms with Gasteiger partial charge in [-0.2, -0.15) is 0 Å². The van der Waals surface area contributed by atoms with E-state index in [1.54, 1.807) is 36.4 Å². The van der Waals surface area contributed by atoms with Crippen LogP contribution in [0.2, 0.25) is 5.02 Å². The molecule has 2 aromatic heterocycles. The molecule has 0 unspecified atom stereocenters. The van der Waals surface area contributed by atoms with Gasteiger partial charge < -0.3 is 5.32 Å². The van der Waals surface area contributed by atoms with Crippen molar-refractivity contribution in [2.45, 2.75) is 6.54 Å². The van der Waals surface area contributed by atoms with Crippen LogP contribution in [0.5, 0.6) is 0 Å². The summed E-state index contributed by atoms with van der Waals surface area (Å²) in [4.78, 5) is 34.6. The highest BCUT2D eigenvalue weighted by molar-refractivity contribution is 6.30. The van der Waals surface area contributed by atoms with E-state index in [2.05, 4.69) is 31.1 Å². The van der Waals surface area contributed by atoms with Gasteiger partial charge in [0.05, 0.1) is 10.5 Å². The molecule has 0 spiro atoms. The summed E-state index contributed by atoms with van der Waals surface area (Å²) >= 11 is 5.84. The summed E-state index contributed by atoms with van der Waals surface area (Å²) in [6.07, 6.45) is 4.04. The van der Waals surface area contributed by atoms with Crippen molar-refractivity contribution in [2.75, 3.05) is 10.7 Å². The molecule has 3 rings (SSSR count). The number of aromatic nitrogens is 3. The number of hydrogen-bond donors (Lipinski definition) is 3. The number of rotatable bonds is 7. The number of anilines is 2. The fourth-order valence-electron chi connectivity index (χ4n) is 2.25. The van der Waals surface area contributed by atoms with Gasteiger partial charge in [-0.25, -0.2) is 9.97 Å². The molecule has 0 saturated carbocycles. The van der Waals surface area contributed by atoms with Gasteiger partial charge >= 0.3 is 5.69 Å². The highest BCUT2D eigenvalue weighted by atomic mass is 35.5. The Morgan fingerprint density at radius 2 is 1.89 bits per heavy atom. The summed E-state index contributed by atoms with van der Waals surface area (Å²) in [7, 11) is 0. The van der Waals surface area contributed by atoms with Gasteiger partial charge in [0.25, 0.3) is 5.91 Å². The number of nitrogens with one attached hydrogen (secondary N) is 3. The molecule has 11 heteroatoms. The van der Waals surface area contributed by atoms with Gasteiger partial charge in [0, 0.05) is 24.0 Å². The number of hydrazine groups is 1. The van der Waals surface area contributed by atoms with E-state index < -0.39 is 16.5 Å². The summed E-state index contributed by atoms with van der Waals surface area (Å²) < 4.78 is 0. The predicted molar refractivity (Wildman–Crippen MR) is 103 cm³/mol. The van der Waals surface area contributed by atoms with E-state index >= 15 is 0 Å². The van der Waals surface area contributed by atoms with E-state index in [0.29, 0.717) is 5.02 Å². The molecule has 0 aliphatic carbocycles. The van der Waals surface area contributed by atoms with Gasteiger partial charge in [0.2, 0.25) is 11.6 Å². The number of carbonyl (C=O) groups excluding carboxylic acids is 1. The Labute approximate surface area is 164 Å². The van der Waals surface area contributed by atoms with Crippen molar-refractivity contribution < 1.29 is 9.72 Å². The van der Waals surface area contributed by atoms with E-state index in [-0.39, 0.29) is 23.7 Å². The molecule has 0 aliphatic rings. The number of amides is 1. The summed E-state index contributed by atoms with van der Waals surface area (Å²) in [5.41, 5.74) is 5.56. The van der Waals surface area contributed by atoms with Crippen molar-refractivity contribution in [3.63, 3.8) is 0 Å². The SMILES string of the molecule is O=C(NNc1ncnc(NCc2ccc(Cl)cc2)c1[N+](=O)[O-])c1cccnc1. The maximum atomic E-state index is 12.1. The summed E-state index contributed by atoms with van der Waals surface area (Å²) in [5.74, 6) is -0.666. The number of benzene rings is 1. The van der Waals surface area contributed by atoms with Crippen molar-refractivity contribution in [3.8, 4) is 0 Å². The maximum Gasteiger partial charge on any atom is 0.354 e. The van der Waals surface area contributed by atoms with E-state index in [9.17, 15) is 14.9 Å². The van der Waals surface area contributed by atoms with E-state index in [1.807, 2.05) is 0 Å². The van der Waals surface area contributed by atoms with Gasteiger partial charge in [-0.1, -0.05) is 23.7 Å². The molecule has 3 aromatic rings. The van der Waals surface area contributed by atoms with Crippen molar-refractivity contribution in [2.24, 2.45) is 0 Å². The quantitative estimate of drug-likeness (QED) is 0.407. The lowest BCUT2D eigenvalue weighted by Gasteiger charge is -2.11. The van der Waals surface area contributed by atoms with Gasteiger partial charge in [0.1, 0.15) is 6.33 Å². The average Bonchev–Trinajstić information content (AvgIpc) is 2.72.